The zero-order valence-corrected chi connectivity index (χ0v) is 19.9. The quantitative estimate of drug-likeness (QED) is 0.563. The molecule has 1 aromatic carbocycles. The van der Waals surface area contributed by atoms with E-state index in [1.54, 1.807) is 6.07 Å². The summed E-state index contributed by atoms with van der Waals surface area (Å²) in [6.45, 7) is 5.48. The first-order chi connectivity index (χ1) is 15.3. The molecule has 2 fully saturated rings. The van der Waals surface area contributed by atoms with E-state index in [9.17, 15) is 9.00 Å². The second-order valence-corrected chi connectivity index (χ2v) is 11.2. The standard InChI is InChI=1S/C21H21ClN6O2S2/c1-12-4-3-5-14(22)18(12)27-19(29)15-7-23-20(31-15)26-16-6-17(25-13(2)24-16)28-8-21(9-28)10-32(30)11-21/h3-7H,8-11H2,1-2H3,(H,27,29)(H,23,24,25,26). The molecule has 0 aliphatic carbocycles. The highest BCUT2D eigenvalue weighted by atomic mass is 35.5. The Labute approximate surface area is 196 Å². The van der Waals surface area contributed by atoms with Crippen LogP contribution >= 0.6 is 22.9 Å². The normalized spacial score (nSPS) is 17.0. The number of carbonyl (C=O) groups is 1. The van der Waals surface area contributed by atoms with Gasteiger partial charge in [-0.05, 0) is 25.5 Å². The molecule has 11 heteroatoms. The lowest BCUT2D eigenvalue weighted by Gasteiger charge is -2.55. The van der Waals surface area contributed by atoms with Gasteiger partial charge in [0, 0.05) is 46.9 Å². The number of halogens is 1. The van der Waals surface area contributed by atoms with Gasteiger partial charge in [0.15, 0.2) is 5.13 Å². The van der Waals surface area contributed by atoms with Crippen molar-refractivity contribution in [2.24, 2.45) is 5.41 Å². The summed E-state index contributed by atoms with van der Waals surface area (Å²) in [5, 5.41) is 7.09. The smallest absolute Gasteiger partial charge is 0.267 e. The zero-order valence-electron chi connectivity index (χ0n) is 17.5. The molecule has 0 atom stereocenters. The number of nitrogens with zero attached hydrogens (tertiary/aromatic N) is 4. The number of anilines is 4. The number of aryl methyl sites for hydroxylation is 2. The molecule has 166 valence electrons. The number of rotatable bonds is 5. The van der Waals surface area contributed by atoms with Crippen molar-refractivity contribution in [3.63, 3.8) is 0 Å². The lowest BCUT2D eigenvalue weighted by atomic mass is 9.83. The van der Waals surface area contributed by atoms with Gasteiger partial charge >= 0.3 is 0 Å². The Morgan fingerprint density at radius 1 is 1.25 bits per heavy atom. The van der Waals surface area contributed by atoms with Gasteiger partial charge in [0.25, 0.3) is 5.91 Å². The van der Waals surface area contributed by atoms with Gasteiger partial charge in [-0.3, -0.25) is 9.00 Å². The van der Waals surface area contributed by atoms with Crippen molar-refractivity contribution >= 4 is 62.1 Å². The molecular weight excluding hydrogens is 468 g/mol. The van der Waals surface area contributed by atoms with Gasteiger partial charge in [-0.2, -0.15) is 0 Å². The van der Waals surface area contributed by atoms with Crippen molar-refractivity contribution < 1.29 is 9.00 Å². The van der Waals surface area contributed by atoms with Gasteiger partial charge < -0.3 is 15.5 Å². The first-order valence-corrected chi connectivity index (χ1v) is 12.7. The predicted molar refractivity (Wildman–Crippen MR) is 129 cm³/mol. The number of para-hydroxylation sites is 1. The SMILES string of the molecule is Cc1nc(Nc2ncc(C(=O)Nc3c(C)cccc3Cl)s2)cc(N2CC3(C2)CS(=O)C3)n1. The molecule has 32 heavy (non-hydrogen) atoms. The summed E-state index contributed by atoms with van der Waals surface area (Å²) in [5.74, 6) is 3.41. The van der Waals surface area contributed by atoms with Crippen molar-refractivity contribution in [1.82, 2.24) is 15.0 Å². The Balaban J connectivity index is 1.27. The van der Waals surface area contributed by atoms with Crippen molar-refractivity contribution in [3.8, 4) is 0 Å². The molecule has 4 heterocycles. The summed E-state index contributed by atoms with van der Waals surface area (Å²) >= 11 is 7.44. The number of amides is 1. The van der Waals surface area contributed by atoms with Crippen LogP contribution in [-0.4, -0.2) is 49.7 Å². The molecular formula is C21H21ClN6O2S2. The van der Waals surface area contributed by atoms with E-state index in [2.05, 4.69) is 30.5 Å². The second-order valence-electron chi connectivity index (χ2n) is 8.28. The third-order valence-electron chi connectivity index (χ3n) is 5.56. The minimum atomic E-state index is -0.653. The number of hydrogen-bond donors (Lipinski definition) is 2. The molecule has 8 nitrogen and oxygen atoms in total. The van der Waals surface area contributed by atoms with E-state index in [-0.39, 0.29) is 11.3 Å². The molecule has 0 radical (unpaired) electrons. The Morgan fingerprint density at radius 3 is 2.75 bits per heavy atom. The van der Waals surface area contributed by atoms with Crippen molar-refractivity contribution in [1.29, 1.82) is 0 Å². The van der Waals surface area contributed by atoms with E-state index in [0.29, 0.717) is 32.4 Å². The van der Waals surface area contributed by atoms with Gasteiger partial charge in [0.1, 0.15) is 22.3 Å². The van der Waals surface area contributed by atoms with E-state index < -0.39 is 10.8 Å². The topological polar surface area (TPSA) is 100 Å². The molecule has 2 aliphatic rings. The number of nitrogens with one attached hydrogen (secondary N) is 2. The number of benzene rings is 1. The largest absolute Gasteiger partial charge is 0.355 e. The van der Waals surface area contributed by atoms with Crippen molar-refractivity contribution in [2.75, 3.05) is 40.1 Å². The maximum absolute atomic E-state index is 12.7. The van der Waals surface area contributed by atoms with Crippen molar-refractivity contribution in [3.05, 3.63) is 51.7 Å². The van der Waals surface area contributed by atoms with E-state index in [1.165, 1.54) is 17.5 Å². The third-order valence-corrected chi connectivity index (χ3v) is 8.66. The van der Waals surface area contributed by atoms with Gasteiger partial charge in [-0.1, -0.05) is 35.1 Å². The highest BCUT2D eigenvalue weighted by Gasteiger charge is 2.52. The van der Waals surface area contributed by atoms with Crippen LogP contribution in [0.1, 0.15) is 21.1 Å². The lowest BCUT2D eigenvalue weighted by molar-refractivity contribution is 0.103. The average Bonchev–Trinajstić information content (AvgIpc) is 3.14. The number of hydrogen-bond acceptors (Lipinski definition) is 8. The number of aromatic nitrogens is 3. The predicted octanol–water partition coefficient (Wildman–Crippen LogP) is 3.77. The first kappa shape index (κ1) is 21.3. The second kappa shape index (κ2) is 8.09. The van der Waals surface area contributed by atoms with Gasteiger partial charge in [0.2, 0.25) is 0 Å². The van der Waals surface area contributed by atoms with Crippen LogP contribution < -0.4 is 15.5 Å². The van der Waals surface area contributed by atoms with E-state index in [4.69, 9.17) is 11.6 Å². The van der Waals surface area contributed by atoms with Crippen LogP contribution in [-0.2, 0) is 10.8 Å². The molecule has 1 spiro atoms. The maximum Gasteiger partial charge on any atom is 0.267 e. The van der Waals surface area contributed by atoms with Crippen LogP contribution in [0.2, 0.25) is 5.02 Å². The Bertz CT molecular complexity index is 1210. The van der Waals surface area contributed by atoms with Crippen LogP contribution in [0.25, 0.3) is 0 Å². The highest BCUT2D eigenvalue weighted by Crippen LogP contribution is 2.41. The van der Waals surface area contributed by atoms with Crippen LogP contribution in [0.5, 0.6) is 0 Å². The Kier molecular flexibility index (Phi) is 5.39. The monoisotopic (exact) mass is 488 g/mol. The molecule has 0 bridgehead atoms. The zero-order chi connectivity index (χ0) is 22.5. The molecule has 1 amide bonds. The minimum absolute atomic E-state index is 0.203. The van der Waals surface area contributed by atoms with Crippen LogP contribution in [0, 0.1) is 19.3 Å². The summed E-state index contributed by atoms with van der Waals surface area (Å²) < 4.78 is 11.5. The minimum Gasteiger partial charge on any atom is -0.355 e. The van der Waals surface area contributed by atoms with E-state index >= 15 is 0 Å². The van der Waals surface area contributed by atoms with Crippen LogP contribution in [0.15, 0.2) is 30.5 Å². The Morgan fingerprint density at radius 2 is 2.03 bits per heavy atom. The highest BCUT2D eigenvalue weighted by molar-refractivity contribution is 7.86. The summed E-state index contributed by atoms with van der Waals surface area (Å²) in [6.07, 6.45) is 1.53. The van der Waals surface area contributed by atoms with E-state index in [0.717, 1.165) is 36.0 Å². The van der Waals surface area contributed by atoms with Crippen LogP contribution in [0.4, 0.5) is 22.5 Å². The lowest BCUT2D eigenvalue weighted by Crippen LogP contribution is -2.67. The fourth-order valence-corrected chi connectivity index (χ4v) is 6.67. The molecule has 3 aromatic rings. The fraction of sp³-hybridized carbons (Fsp3) is 0.333. The molecule has 2 aromatic heterocycles. The van der Waals surface area contributed by atoms with Crippen molar-refractivity contribution in [2.45, 2.75) is 13.8 Å². The summed E-state index contributed by atoms with van der Waals surface area (Å²) in [6, 6.07) is 7.35. The summed E-state index contributed by atoms with van der Waals surface area (Å²) in [4.78, 5) is 28.6. The number of carbonyl (C=O) groups excluding carboxylic acids is 1. The molecule has 2 N–H and O–H groups in total. The maximum atomic E-state index is 12.7. The molecule has 0 unspecified atom stereocenters. The van der Waals surface area contributed by atoms with E-state index in [1.807, 2.05) is 32.0 Å². The van der Waals surface area contributed by atoms with Gasteiger partial charge in [-0.25, -0.2) is 15.0 Å². The molecule has 0 saturated carbocycles. The van der Waals surface area contributed by atoms with Gasteiger partial charge in [0.05, 0.1) is 16.9 Å². The third kappa shape index (κ3) is 4.10. The first-order valence-electron chi connectivity index (χ1n) is 10.1. The average molecular weight is 489 g/mol. The molecule has 2 aliphatic heterocycles. The Hall–Kier alpha value is -2.56. The van der Waals surface area contributed by atoms with Crippen LogP contribution in [0.3, 0.4) is 0 Å². The summed E-state index contributed by atoms with van der Waals surface area (Å²) in [7, 11) is -0.653. The fourth-order valence-electron chi connectivity index (χ4n) is 4.04. The molecule has 5 rings (SSSR count). The number of thiazole rings is 1. The summed E-state index contributed by atoms with van der Waals surface area (Å²) in [5.41, 5.74) is 1.69. The van der Waals surface area contributed by atoms with Gasteiger partial charge in [-0.15, -0.1) is 0 Å². The molecule has 2 saturated heterocycles.